The van der Waals surface area contributed by atoms with Crippen molar-refractivity contribution in [3.05, 3.63) is 34.3 Å². The van der Waals surface area contributed by atoms with Gasteiger partial charge in [-0.1, -0.05) is 52.5 Å². The summed E-state index contributed by atoms with van der Waals surface area (Å²) in [7, 11) is 0. The second-order valence-corrected chi connectivity index (χ2v) is 9.83. The molecule has 0 aromatic heterocycles. The van der Waals surface area contributed by atoms with Gasteiger partial charge in [0.2, 0.25) is 9.70 Å². The van der Waals surface area contributed by atoms with E-state index >= 15 is 0 Å². The highest BCUT2D eigenvalue weighted by atomic mass is 35.6. The summed E-state index contributed by atoms with van der Waals surface area (Å²) in [6.07, 6.45) is 2.06. The molecule has 10 heteroatoms. The number of nitrogens with one attached hydrogen (secondary N) is 2. The van der Waals surface area contributed by atoms with Gasteiger partial charge in [0, 0.05) is 18.1 Å². The van der Waals surface area contributed by atoms with Crippen LogP contribution in [-0.4, -0.2) is 46.4 Å². The van der Waals surface area contributed by atoms with E-state index < -0.39 is 9.89 Å². The number of amides is 2. The highest BCUT2D eigenvalue weighted by Crippen LogP contribution is 2.37. The summed E-state index contributed by atoms with van der Waals surface area (Å²) in [5.41, 5.74) is 1.78. The normalized spacial score (nSPS) is 21.9. The van der Waals surface area contributed by atoms with Crippen LogP contribution in [0.4, 0.5) is 4.79 Å². The van der Waals surface area contributed by atoms with Crippen molar-refractivity contribution in [3.8, 4) is 0 Å². The minimum absolute atomic E-state index is 0.0315. The third-order valence-corrected chi connectivity index (χ3v) is 5.47. The predicted molar refractivity (Wildman–Crippen MR) is 110 cm³/mol. The van der Waals surface area contributed by atoms with Crippen LogP contribution in [0.1, 0.15) is 36.4 Å². The third-order valence-electron chi connectivity index (χ3n) is 4.91. The molecule has 0 bridgehead atoms. The fourth-order valence-corrected chi connectivity index (χ4v) is 3.78. The van der Waals surface area contributed by atoms with Crippen molar-refractivity contribution >= 4 is 58.4 Å². The second kappa shape index (κ2) is 9.26. The van der Waals surface area contributed by atoms with E-state index in [9.17, 15) is 9.59 Å². The van der Waals surface area contributed by atoms with E-state index in [1.54, 1.807) is 11.0 Å². The van der Waals surface area contributed by atoms with E-state index in [1.165, 1.54) is 0 Å². The monoisotopic (exact) mass is 467 g/mol. The van der Waals surface area contributed by atoms with Crippen molar-refractivity contribution in [1.82, 2.24) is 15.5 Å². The molecule has 2 aliphatic heterocycles. The summed E-state index contributed by atoms with van der Waals surface area (Å²) < 4.78 is 3.43. The molecule has 2 fully saturated rings. The van der Waals surface area contributed by atoms with Gasteiger partial charge in [0.05, 0.1) is 12.1 Å². The molecule has 2 heterocycles. The Morgan fingerprint density at radius 1 is 1.29 bits per heavy atom. The quantitative estimate of drug-likeness (QED) is 0.641. The van der Waals surface area contributed by atoms with Crippen LogP contribution < -0.4 is 10.6 Å². The van der Waals surface area contributed by atoms with E-state index in [2.05, 4.69) is 10.6 Å². The molecule has 0 spiro atoms. The van der Waals surface area contributed by atoms with Gasteiger partial charge in [0.25, 0.3) is 0 Å². The smallest absolute Gasteiger partial charge is 0.410 e. The summed E-state index contributed by atoms with van der Waals surface area (Å²) in [6.45, 7) is 1.41. The average molecular weight is 469 g/mol. The zero-order chi connectivity index (χ0) is 20.3. The van der Waals surface area contributed by atoms with Crippen LogP contribution in [0.25, 0.3) is 0 Å². The van der Waals surface area contributed by atoms with E-state index in [-0.39, 0.29) is 24.6 Å². The Bertz CT molecular complexity index is 735. The SMILES string of the molecule is O=C(NCc1cc(Cl)ccc1C1CCN1C(=O)OCC(Cl)(Cl)Cl)[C@@H]1CCCN1. The predicted octanol–water partition coefficient (Wildman–Crippen LogP) is 3.96. The number of alkyl halides is 3. The van der Waals surface area contributed by atoms with Gasteiger partial charge < -0.3 is 20.3 Å². The summed E-state index contributed by atoms with van der Waals surface area (Å²) in [6, 6.07) is 5.12. The van der Waals surface area contributed by atoms with Crippen LogP contribution in [0.15, 0.2) is 18.2 Å². The van der Waals surface area contributed by atoms with Crippen molar-refractivity contribution in [3.63, 3.8) is 0 Å². The minimum atomic E-state index is -1.65. The number of carbonyl (C=O) groups excluding carboxylic acids is 2. The second-order valence-electron chi connectivity index (χ2n) is 6.88. The highest BCUT2D eigenvalue weighted by molar-refractivity contribution is 6.67. The summed E-state index contributed by atoms with van der Waals surface area (Å²) in [4.78, 5) is 26.2. The number of nitrogens with zero attached hydrogens (tertiary/aromatic N) is 1. The number of hydrogen-bond acceptors (Lipinski definition) is 4. The van der Waals surface area contributed by atoms with E-state index in [0.717, 1.165) is 36.9 Å². The van der Waals surface area contributed by atoms with Gasteiger partial charge in [-0.2, -0.15) is 0 Å². The van der Waals surface area contributed by atoms with Crippen LogP contribution in [0.2, 0.25) is 5.02 Å². The zero-order valence-corrected chi connectivity index (χ0v) is 18.0. The number of hydrogen-bond donors (Lipinski definition) is 2. The summed E-state index contributed by atoms with van der Waals surface area (Å²) in [5.74, 6) is -0.0315. The first-order chi connectivity index (χ1) is 13.2. The van der Waals surface area contributed by atoms with E-state index in [1.807, 2.05) is 12.1 Å². The van der Waals surface area contributed by atoms with Crippen molar-refractivity contribution < 1.29 is 14.3 Å². The number of carbonyl (C=O) groups is 2. The molecule has 28 heavy (non-hydrogen) atoms. The molecule has 0 saturated carbocycles. The molecule has 2 amide bonds. The van der Waals surface area contributed by atoms with E-state index in [4.69, 9.17) is 51.1 Å². The van der Waals surface area contributed by atoms with Crippen LogP contribution in [0.3, 0.4) is 0 Å². The molecule has 2 saturated heterocycles. The van der Waals surface area contributed by atoms with Gasteiger partial charge in [0.15, 0.2) is 0 Å². The Labute approximate surface area is 183 Å². The first kappa shape index (κ1) is 21.8. The summed E-state index contributed by atoms with van der Waals surface area (Å²) in [5, 5.41) is 6.69. The van der Waals surface area contributed by atoms with Gasteiger partial charge in [-0.25, -0.2) is 4.79 Å². The lowest BCUT2D eigenvalue weighted by Crippen LogP contribution is -2.46. The molecule has 0 aliphatic carbocycles. The van der Waals surface area contributed by atoms with Crippen LogP contribution in [-0.2, 0) is 16.1 Å². The fourth-order valence-electron chi connectivity index (χ4n) is 3.42. The van der Waals surface area contributed by atoms with Gasteiger partial charge >= 0.3 is 6.09 Å². The summed E-state index contributed by atoms with van der Waals surface area (Å²) >= 11 is 23.1. The maximum Gasteiger partial charge on any atom is 0.410 e. The van der Waals surface area contributed by atoms with Crippen molar-refractivity contribution in [1.29, 1.82) is 0 Å². The molecule has 1 aromatic rings. The Morgan fingerprint density at radius 2 is 2.07 bits per heavy atom. The molecule has 1 unspecified atom stereocenters. The Balaban J connectivity index is 1.66. The highest BCUT2D eigenvalue weighted by Gasteiger charge is 2.37. The number of halogens is 4. The molecular weight excluding hydrogens is 448 g/mol. The molecule has 2 N–H and O–H groups in total. The van der Waals surface area contributed by atoms with Gasteiger partial charge in [-0.3, -0.25) is 4.79 Å². The molecule has 2 aliphatic rings. The number of rotatable bonds is 5. The standard InChI is InChI=1S/C18H21Cl4N3O3/c19-12-3-4-13(11(8-12)9-24-16(26)14-2-1-6-23-14)15-5-7-25(15)17(27)28-10-18(20,21)22/h3-4,8,14-15,23H,1-2,5-7,9-10H2,(H,24,26)/t14-,15?/m0/s1. The largest absolute Gasteiger partial charge is 0.445 e. The lowest BCUT2D eigenvalue weighted by atomic mass is 9.91. The molecule has 154 valence electrons. The number of likely N-dealkylation sites (tertiary alicyclic amines) is 1. The molecule has 3 rings (SSSR count). The average Bonchev–Trinajstić information content (AvgIpc) is 3.13. The van der Waals surface area contributed by atoms with Gasteiger partial charge in [-0.15, -0.1) is 0 Å². The van der Waals surface area contributed by atoms with Crippen LogP contribution in [0, 0.1) is 0 Å². The molecular formula is C18H21Cl4N3O3. The van der Waals surface area contributed by atoms with Gasteiger partial charge in [-0.05, 0) is 49.1 Å². The molecule has 6 nitrogen and oxygen atoms in total. The first-order valence-corrected chi connectivity index (χ1v) is 10.6. The Morgan fingerprint density at radius 3 is 2.68 bits per heavy atom. The van der Waals surface area contributed by atoms with Crippen LogP contribution >= 0.6 is 46.4 Å². The van der Waals surface area contributed by atoms with Crippen molar-refractivity contribution in [2.24, 2.45) is 0 Å². The molecule has 1 aromatic carbocycles. The molecule has 2 atom stereocenters. The Kier molecular flexibility index (Phi) is 7.21. The zero-order valence-electron chi connectivity index (χ0n) is 15.0. The number of ether oxygens (including phenoxy) is 1. The van der Waals surface area contributed by atoms with Crippen molar-refractivity contribution in [2.75, 3.05) is 19.7 Å². The lowest BCUT2D eigenvalue weighted by molar-refractivity contribution is -0.122. The Hall–Kier alpha value is -0.920. The third kappa shape index (κ3) is 5.57. The van der Waals surface area contributed by atoms with Gasteiger partial charge in [0.1, 0.15) is 6.61 Å². The maximum atomic E-state index is 12.3. The lowest BCUT2D eigenvalue weighted by Gasteiger charge is -2.41. The number of benzene rings is 1. The minimum Gasteiger partial charge on any atom is -0.445 e. The topological polar surface area (TPSA) is 70.7 Å². The maximum absolute atomic E-state index is 12.3. The van der Waals surface area contributed by atoms with Crippen LogP contribution in [0.5, 0.6) is 0 Å². The first-order valence-electron chi connectivity index (χ1n) is 9.04. The fraction of sp³-hybridized carbons (Fsp3) is 0.556. The van der Waals surface area contributed by atoms with Crippen molar-refractivity contribution in [2.45, 2.75) is 41.7 Å². The van der Waals surface area contributed by atoms with E-state index in [0.29, 0.717) is 18.1 Å². The molecule has 0 radical (unpaired) electrons.